The molecule has 4 rings (SSSR count). The first-order chi connectivity index (χ1) is 15.8. The number of allylic oxidation sites excluding steroid dienone is 1. The molecule has 5 nitrogen and oxygen atoms in total. The predicted molar refractivity (Wildman–Crippen MR) is 142 cm³/mol. The summed E-state index contributed by atoms with van der Waals surface area (Å²) in [5, 5.41) is 0. The minimum atomic E-state index is -0.596. The summed E-state index contributed by atoms with van der Waals surface area (Å²) in [5.74, 6) is -0.447. The monoisotopic (exact) mass is 590 g/mol. The molecule has 8 heteroatoms. The maximum Gasteiger partial charge on any atom is 0.338 e. The molecule has 170 valence electrons. The zero-order chi connectivity index (χ0) is 23.7. The third-order valence-corrected chi connectivity index (χ3v) is 7.56. The molecule has 0 bridgehead atoms. The minimum Gasteiger partial charge on any atom is -0.459 e. The highest BCUT2D eigenvalue weighted by atomic mass is 127. The summed E-state index contributed by atoms with van der Waals surface area (Å²) in [5.41, 5.74) is 2.59. The molecular formula is C25H23IN2O3S2. The molecule has 0 spiro atoms. The van der Waals surface area contributed by atoms with Crippen molar-refractivity contribution < 1.29 is 9.53 Å². The summed E-state index contributed by atoms with van der Waals surface area (Å²) >= 11 is 5.23. The number of hydrogen-bond acceptors (Lipinski definition) is 6. The highest BCUT2D eigenvalue weighted by Crippen LogP contribution is 2.32. The molecule has 1 atom stereocenters. The highest BCUT2D eigenvalue weighted by molar-refractivity contribution is 14.1. The van der Waals surface area contributed by atoms with Crippen molar-refractivity contribution in [2.24, 2.45) is 4.99 Å². The number of aromatic nitrogens is 1. The van der Waals surface area contributed by atoms with Gasteiger partial charge in [0, 0.05) is 8.47 Å². The van der Waals surface area contributed by atoms with E-state index in [9.17, 15) is 9.59 Å². The number of carbonyl (C=O) groups excluding carboxylic acids is 1. The van der Waals surface area contributed by atoms with Crippen LogP contribution >= 0.6 is 45.7 Å². The van der Waals surface area contributed by atoms with E-state index < -0.39 is 12.0 Å². The zero-order valence-electron chi connectivity index (χ0n) is 18.7. The number of nitrogens with zero attached hydrogens (tertiary/aromatic N) is 2. The topological polar surface area (TPSA) is 60.7 Å². The summed E-state index contributed by atoms with van der Waals surface area (Å²) in [6.07, 6.45) is 3.62. The Labute approximate surface area is 214 Å². The van der Waals surface area contributed by atoms with Gasteiger partial charge in [0.1, 0.15) is 0 Å². The average Bonchev–Trinajstić information content (AvgIpc) is 3.07. The van der Waals surface area contributed by atoms with E-state index in [1.54, 1.807) is 23.3 Å². The van der Waals surface area contributed by atoms with E-state index in [1.165, 1.54) is 11.3 Å². The molecule has 1 aliphatic heterocycles. The fourth-order valence-electron chi connectivity index (χ4n) is 3.71. The number of hydrogen-bond donors (Lipinski definition) is 0. The van der Waals surface area contributed by atoms with Crippen LogP contribution in [0, 0.1) is 3.57 Å². The van der Waals surface area contributed by atoms with Gasteiger partial charge in [0.05, 0.1) is 27.9 Å². The molecule has 33 heavy (non-hydrogen) atoms. The normalized spacial score (nSPS) is 16.1. The Kier molecular flexibility index (Phi) is 7.25. The number of ether oxygens (including phenoxy) is 1. The van der Waals surface area contributed by atoms with Crippen molar-refractivity contribution in [3.05, 3.63) is 94.2 Å². The summed E-state index contributed by atoms with van der Waals surface area (Å²) in [6, 6.07) is 15.3. The molecule has 0 saturated heterocycles. The van der Waals surface area contributed by atoms with E-state index in [0.29, 0.717) is 20.6 Å². The van der Waals surface area contributed by atoms with E-state index in [4.69, 9.17) is 4.74 Å². The van der Waals surface area contributed by atoms with Crippen LogP contribution in [0.5, 0.6) is 0 Å². The molecule has 3 aromatic rings. The second-order valence-corrected chi connectivity index (χ2v) is 11.0. The van der Waals surface area contributed by atoms with E-state index in [1.807, 2.05) is 74.7 Å². The Morgan fingerprint density at radius 1 is 1.24 bits per heavy atom. The lowest BCUT2D eigenvalue weighted by Gasteiger charge is -2.25. The van der Waals surface area contributed by atoms with E-state index in [2.05, 4.69) is 27.6 Å². The van der Waals surface area contributed by atoms with Crippen molar-refractivity contribution >= 4 is 57.7 Å². The first-order valence-corrected chi connectivity index (χ1v) is 13.5. The maximum absolute atomic E-state index is 13.6. The largest absolute Gasteiger partial charge is 0.459 e. The number of thioether (sulfide) groups is 1. The van der Waals surface area contributed by atoms with Crippen LogP contribution in [0.4, 0.5) is 0 Å². The van der Waals surface area contributed by atoms with E-state index in [0.717, 1.165) is 19.6 Å². The second-order valence-electron chi connectivity index (χ2n) is 7.86. The van der Waals surface area contributed by atoms with Gasteiger partial charge in [0.25, 0.3) is 5.56 Å². The molecule has 2 aromatic carbocycles. The molecule has 0 aliphatic carbocycles. The first kappa shape index (κ1) is 24.0. The van der Waals surface area contributed by atoms with Gasteiger partial charge >= 0.3 is 5.97 Å². The second kappa shape index (κ2) is 9.99. The Balaban J connectivity index is 1.94. The van der Waals surface area contributed by atoms with Gasteiger partial charge in [0.2, 0.25) is 0 Å². The Morgan fingerprint density at radius 2 is 1.97 bits per heavy atom. The van der Waals surface area contributed by atoms with Crippen LogP contribution < -0.4 is 14.9 Å². The van der Waals surface area contributed by atoms with Crippen LogP contribution in [-0.2, 0) is 9.53 Å². The quantitative estimate of drug-likeness (QED) is 0.249. The summed E-state index contributed by atoms with van der Waals surface area (Å²) < 4.78 is 8.84. The number of benzene rings is 2. The van der Waals surface area contributed by atoms with Gasteiger partial charge in [-0.25, -0.2) is 9.79 Å². The number of carbonyl (C=O) groups is 1. The van der Waals surface area contributed by atoms with Gasteiger partial charge in [-0.05, 0) is 91.1 Å². The molecule has 0 unspecified atom stereocenters. The molecule has 0 saturated carbocycles. The average molecular weight is 591 g/mol. The van der Waals surface area contributed by atoms with Crippen LogP contribution in [0.15, 0.2) is 74.5 Å². The molecule has 1 aromatic heterocycles. The van der Waals surface area contributed by atoms with Crippen molar-refractivity contribution in [2.75, 3.05) is 6.26 Å². The van der Waals surface area contributed by atoms with Crippen LogP contribution in [0.3, 0.4) is 0 Å². The van der Waals surface area contributed by atoms with Crippen LogP contribution in [0.25, 0.3) is 6.08 Å². The van der Waals surface area contributed by atoms with Crippen LogP contribution in [-0.4, -0.2) is 22.9 Å². The van der Waals surface area contributed by atoms with Gasteiger partial charge < -0.3 is 4.74 Å². The zero-order valence-corrected chi connectivity index (χ0v) is 22.5. The lowest BCUT2D eigenvalue weighted by molar-refractivity contribution is -0.143. The van der Waals surface area contributed by atoms with Gasteiger partial charge in [-0.3, -0.25) is 9.36 Å². The van der Waals surface area contributed by atoms with Crippen LogP contribution in [0.1, 0.15) is 37.9 Å². The third-order valence-electron chi connectivity index (χ3n) is 5.16. The van der Waals surface area contributed by atoms with Gasteiger partial charge in [-0.1, -0.05) is 35.6 Å². The number of rotatable bonds is 5. The standard InChI is InChI=1S/C25H23IN2O3S2/c1-14(2)31-24(30)21-15(3)27-25-28(22(21)17-8-10-19(32-4)11-9-17)23(29)20(33-25)13-16-6-5-7-18(26)12-16/h5-14,22H,1-4H3/b20-13+/t22-/m0/s1. The van der Waals surface area contributed by atoms with Crippen LogP contribution in [0.2, 0.25) is 0 Å². The fraction of sp³-hybridized carbons (Fsp3) is 0.240. The molecular weight excluding hydrogens is 567 g/mol. The van der Waals surface area contributed by atoms with E-state index >= 15 is 0 Å². The third kappa shape index (κ3) is 5.02. The maximum atomic E-state index is 13.6. The smallest absolute Gasteiger partial charge is 0.338 e. The molecule has 2 heterocycles. The summed E-state index contributed by atoms with van der Waals surface area (Å²) in [6.45, 7) is 5.43. The Hall–Kier alpha value is -2.17. The number of thiazole rings is 1. The van der Waals surface area contributed by atoms with Crippen molar-refractivity contribution in [3.63, 3.8) is 0 Å². The first-order valence-electron chi connectivity index (χ1n) is 10.4. The molecule has 0 N–H and O–H groups in total. The fourth-order valence-corrected chi connectivity index (χ4v) is 5.73. The number of esters is 1. The minimum absolute atomic E-state index is 0.168. The highest BCUT2D eigenvalue weighted by Gasteiger charge is 2.33. The van der Waals surface area contributed by atoms with Gasteiger partial charge in [0.15, 0.2) is 4.80 Å². The predicted octanol–water partition coefficient (Wildman–Crippen LogP) is 4.51. The van der Waals surface area contributed by atoms with Gasteiger partial charge in [-0.2, -0.15) is 0 Å². The Bertz CT molecular complexity index is 1420. The lowest BCUT2D eigenvalue weighted by Crippen LogP contribution is -2.40. The molecule has 0 radical (unpaired) electrons. The van der Waals surface area contributed by atoms with E-state index in [-0.39, 0.29) is 11.7 Å². The summed E-state index contributed by atoms with van der Waals surface area (Å²) in [7, 11) is 0. The molecule has 1 aliphatic rings. The van der Waals surface area contributed by atoms with Crippen molar-refractivity contribution in [2.45, 2.75) is 37.8 Å². The molecule has 0 amide bonds. The Morgan fingerprint density at radius 3 is 2.61 bits per heavy atom. The summed E-state index contributed by atoms with van der Waals surface area (Å²) in [4.78, 5) is 33.1. The van der Waals surface area contributed by atoms with Crippen molar-refractivity contribution in [1.82, 2.24) is 4.57 Å². The molecule has 0 fully saturated rings. The van der Waals surface area contributed by atoms with Crippen molar-refractivity contribution in [1.29, 1.82) is 0 Å². The van der Waals surface area contributed by atoms with Gasteiger partial charge in [-0.15, -0.1) is 11.8 Å². The number of fused-ring (bicyclic) bond motifs is 1. The number of halogens is 1. The SMILES string of the molecule is CSc1ccc([C@H]2C(C(=O)OC(C)C)=C(C)N=c3s/c(=C/c4cccc(I)c4)c(=O)n32)cc1. The van der Waals surface area contributed by atoms with Crippen molar-refractivity contribution in [3.8, 4) is 0 Å². The lowest BCUT2D eigenvalue weighted by atomic mass is 9.96.